The summed E-state index contributed by atoms with van der Waals surface area (Å²) in [5.74, 6) is -0.0429. The molecule has 0 fully saturated rings. The van der Waals surface area contributed by atoms with E-state index in [4.69, 9.17) is 4.74 Å². The van der Waals surface area contributed by atoms with E-state index in [0.29, 0.717) is 16.8 Å². The molecule has 0 saturated heterocycles. The fourth-order valence-corrected chi connectivity index (χ4v) is 3.68. The average molecular weight is 445 g/mol. The largest absolute Gasteiger partial charge is 0.504 e. The molecule has 1 heterocycles. The number of hydrogen-bond acceptors (Lipinski definition) is 5. The minimum atomic E-state index is -0.449. The molecule has 4 aromatic rings. The number of phenols is 1. The van der Waals surface area contributed by atoms with Crippen LogP contribution in [0.2, 0.25) is 0 Å². The van der Waals surface area contributed by atoms with Crippen molar-refractivity contribution in [2.45, 2.75) is 13.1 Å². The van der Waals surface area contributed by atoms with E-state index in [1.54, 1.807) is 31.3 Å². The van der Waals surface area contributed by atoms with Crippen molar-refractivity contribution < 1.29 is 14.6 Å². The van der Waals surface area contributed by atoms with Gasteiger partial charge in [-0.3, -0.25) is 18.7 Å². The van der Waals surface area contributed by atoms with Gasteiger partial charge in [-0.25, -0.2) is 4.79 Å². The van der Waals surface area contributed by atoms with Crippen LogP contribution in [0.4, 0.5) is 0 Å². The van der Waals surface area contributed by atoms with Crippen LogP contribution >= 0.6 is 0 Å². The van der Waals surface area contributed by atoms with E-state index < -0.39 is 11.2 Å². The van der Waals surface area contributed by atoms with Gasteiger partial charge < -0.3 is 15.2 Å². The number of amides is 1. The Labute approximate surface area is 189 Å². The van der Waals surface area contributed by atoms with E-state index >= 15 is 0 Å². The van der Waals surface area contributed by atoms with Crippen molar-refractivity contribution in [3.63, 3.8) is 0 Å². The number of carbonyl (C=O) groups excluding carboxylic acids is 1. The number of aromatic nitrogens is 2. The molecular weight excluding hydrogens is 422 g/mol. The molecule has 1 aromatic heterocycles. The lowest BCUT2D eigenvalue weighted by molar-refractivity contribution is 0.0951. The third-order valence-electron chi connectivity index (χ3n) is 5.49. The van der Waals surface area contributed by atoms with Gasteiger partial charge in [0.25, 0.3) is 11.5 Å². The van der Waals surface area contributed by atoms with Crippen LogP contribution in [-0.4, -0.2) is 27.3 Å². The van der Waals surface area contributed by atoms with Gasteiger partial charge in [-0.05, 0) is 41.5 Å². The first kappa shape index (κ1) is 21.9. The first-order valence-electron chi connectivity index (χ1n) is 10.3. The standard InChI is InChI=1S/C25H23N3O5/c1-27-20-10-9-18(23(30)26-14-17-8-11-21(29)22(12-17)33-2)13-19(20)24(31)28(25(27)32)15-16-6-4-3-5-7-16/h3-13,29H,14-15H2,1-2H3,(H,26,30). The Hall–Kier alpha value is -4.33. The Morgan fingerprint density at radius 2 is 1.76 bits per heavy atom. The SMILES string of the molecule is COc1cc(CNC(=O)c2ccc3c(c2)c(=O)n(Cc2ccccc2)c(=O)n3C)ccc1O. The van der Waals surface area contributed by atoms with Crippen molar-refractivity contribution in [2.75, 3.05) is 7.11 Å². The number of aryl methyl sites for hydroxylation is 1. The highest BCUT2D eigenvalue weighted by Gasteiger charge is 2.14. The van der Waals surface area contributed by atoms with Gasteiger partial charge in [0.1, 0.15) is 0 Å². The molecule has 168 valence electrons. The number of aromatic hydroxyl groups is 1. The first-order chi connectivity index (χ1) is 15.9. The van der Waals surface area contributed by atoms with Gasteiger partial charge in [-0.15, -0.1) is 0 Å². The maximum absolute atomic E-state index is 13.1. The molecule has 0 atom stereocenters. The first-order valence-corrected chi connectivity index (χ1v) is 10.3. The van der Waals surface area contributed by atoms with Crippen molar-refractivity contribution in [1.82, 2.24) is 14.5 Å². The van der Waals surface area contributed by atoms with Gasteiger partial charge >= 0.3 is 5.69 Å². The zero-order valence-electron chi connectivity index (χ0n) is 18.2. The molecule has 1 amide bonds. The molecule has 8 heteroatoms. The van der Waals surface area contributed by atoms with Crippen molar-refractivity contribution in [1.29, 1.82) is 0 Å². The van der Waals surface area contributed by atoms with E-state index in [1.165, 1.54) is 28.4 Å². The number of hydrogen-bond donors (Lipinski definition) is 2. The summed E-state index contributed by atoms with van der Waals surface area (Å²) in [7, 11) is 3.05. The molecule has 0 aliphatic carbocycles. The van der Waals surface area contributed by atoms with Crippen LogP contribution < -0.4 is 21.3 Å². The number of ether oxygens (including phenoxy) is 1. The Balaban J connectivity index is 1.64. The third-order valence-corrected chi connectivity index (χ3v) is 5.49. The summed E-state index contributed by atoms with van der Waals surface area (Å²) < 4.78 is 7.66. The van der Waals surface area contributed by atoms with Crippen molar-refractivity contribution >= 4 is 16.8 Å². The van der Waals surface area contributed by atoms with Crippen molar-refractivity contribution in [3.05, 3.63) is 104 Å². The van der Waals surface area contributed by atoms with E-state index in [9.17, 15) is 19.5 Å². The predicted molar refractivity (Wildman–Crippen MR) is 125 cm³/mol. The fraction of sp³-hybridized carbons (Fsp3) is 0.160. The number of phenolic OH excluding ortho intramolecular Hbond substituents is 1. The minimum absolute atomic E-state index is 0.0134. The Morgan fingerprint density at radius 1 is 1.00 bits per heavy atom. The number of benzene rings is 3. The van der Waals surface area contributed by atoms with Crippen molar-refractivity contribution in [3.8, 4) is 11.5 Å². The summed E-state index contributed by atoms with van der Waals surface area (Å²) in [6.45, 7) is 0.348. The average Bonchev–Trinajstić information content (AvgIpc) is 2.84. The number of nitrogens with one attached hydrogen (secondary N) is 1. The minimum Gasteiger partial charge on any atom is -0.504 e. The second-order valence-electron chi connectivity index (χ2n) is 7.64. The predicted octanol–water partition coefficient (Wildman–Crippen LogP) is 2.39. The molecule has 0 saturated carbocycles. The van der Waals surface area contributed by atoms with E-state index in [-0.39, 0.29) is 30.1 Å². The second-order valence-corrected chi connectivity index (χ2v) is 7.64. The molecule has 0 spiro atoms. The summed E-state index contributed by atoms with van der Waals surface area (Å²) >= 11 is 0. The molecule has 2 N–H and O–H groups in total. The number of fused-ring (bicyclic) bond motifs is 1. The number of methoxy groups -OCH3 is 1. The maximum atomic E-state index is 13.1. The topological polar surface area (TPSA) is 103 Å². The smallest absolute Gasteiger partial charge is 0.331 e. The van der Waals surface area contributed by atoms with Gasteiger partial charge in [-0.1, -0.05) is 36.4 Å². The molecule has 0 bridgehead atoms. The highest BCUT2D eigenvalue weighted by molar-refractivity contribution is 5.97. The van der Waals surface area contributed by atoms with Gasteiger partial charge in [0.05, 0.1) is 24.6 Å². The van der Waals surface area contributed by atoms with E-state index in [0.717, 1.165) is 11.1 Å². The number of nitrogens with zero attached hydrogens (tertiary/aromatic N) is 2. The van der Waals surface area contributed by atoms with Crippen LogP contribution in [-0.2, 0) is 20.1 Å². The molecular formula is C25H23N3O5. The molecule has 0 radical (unpaired) electrons. The summed E-state index contributed by atoms with van der Waals surface area (Å²) in [5.41, 5.74) is 1.45. The number of rotatable bonds is 6. The van der Waals surface area contributed by atoms with Gasteiger partial charge in [0.15, 0.2) is 11.5 Å². The highest BCUT2D eigenvalue weighted by atomic mass is 16.5. The monoisotopic (exact) mass is 445 g/mol. The zero-order chi connectivity index (χ0) is 23.5. The van der Waals surface area contributed by atoms with Crippen LogP contribution in [0.3, 0.4) is 0 Å². The van der Waals surface area contributed by atoms with Crippen LogP contribution in [0.5, 0.6) is 11.5 Å². The molecule has 3 aromatic carbocycles. The lowest BCUT2D eigenvalue weighted by Crippen LogP contribution is -2.39. The molecule has 8 nitrogen and oxygen atoms in total. The van der Waals surface area contributed by atoms with Gasteiger partial charge in [-0.2, -0.15) is 0 Å². The summed E-state index contributed by atoms with van der Waals surface area (Å²) in [6.07, 6.45) is 0. The summed E-state index contributed by atoms with van der Waals surface area (Å²) in [5, 5.41) is 12.8. The maximum Gasteiger partial charge on any atom is 0.331 e. The second kappa shape index (κ2) is 9.04. The highest BCUT2D eigenvalue weighted by Crippen LogP contribution is 2.26. The number of carbonyl (C=O) groups is 1. The summed E-state index contributed by atoms with van der Waals surface area (Å²) in [4.78, 5) is 38.7. The van der Waals surface area contributed by atoms with Gasteiger partial charge in [0.2, 0.25) is 0 Å². The Morgan fingerprint density at radius 3 is 2.48 bits per heavy atom. The molecule has 4 rings (SSSR count). The van der Waals surface area contributed by atoms with Crippen molar-refractivity contribution in [2.24, 2.45) is 7.05 Å². The van der Waals surface area contributed by atoms with Gasteiger partial charge in [0, 0.05) is 19.2 Å². The van der Waals surface area contributed by atoms with Crippen LogP contribution in [0.15, 0.2) is 76.3 Å². The molecule has 33 heavy (non-hydrogen) atoms. The molecule has 0 unspecified atom stereocenters. The van der Waals surface area contributed by atoms with Crippen LogP contribution in [0, 0.1) is 0 Å². The lowest BCUT2D eigenvalue weighted by Gasteiger charge is -2.12. The van der Waals surface area contributed by atoms with E-state index in [1.807, 2.05) is 30.3 Å². The fourth-order valence-electron chi connectivity index (χ4n) is 3.68. The lowest BCUT2D eigenvalue weighted by atomic mass is 10.1. The third kappa shape index (κ3) is 4.36. The van der Waals surface area contributed by atoms with Crippen LogP contribution in [0.1, 0.15) is 21.5 Å². The Kier molecular flexibility index (Phi) is 5.99. The van der Waals surface area contributed by atoms with Crippen LogP contribution in [0.25, 0.3) is 10.9 Å². The molecule has 0 aliphatic heterocycles. The van der Waals surface area contributed by atoms with E-state index in [2.05, 4.69) is 5.32 Å². The molecule has 0 aliphatic rings. The normalized spacial score (nSPS) is 10.8. The Bertz CT molecular complexity index is 1460. The zero-order valence-corrected chi connectivity index (χ0v) is 18.2. The quantitative estimate of drug-likeness (QED) is 0.475. The summed E-state index contributed by atoms with van der Waals surface area (Å²) in [6, 6.07) is 18.7.